The summed E-state index contributed by atoms with van der Waals surface area (Å²) in [5, 5.41) is 12.8. The lowest BCUT2D eigenvalue weighted by molar-refractivity contribution is 0.0755. The maximum absolute atomic E-state index is 13.3. The average Bonchev–Trinajstić information content (AvgIpc) is 3.29. The van der Waals surface area contributed by atoms with Crippen LogP contribution in [0.2, 0.25) is 5.02 Å². The molecule has 7 nitrogen and oxygen atoms in total. The molecule has 0 radical (unpaired) electrons. The monoisotopic (exact) mass is 467 g/mol. The van der Waals surface area contributed by atoms with Gasteiger partial charge in [-0.2, -0.15) is 5.10 Å². The molecule has 2 N–H and O–H groups in total. The minimum Gasteiger partial charge on any atom is -0.450 e. The third-order valence-electron chi connectivity index (χ3n) is 7.22. The van der Waals surface area contributed by atoms with Crippen LogP contribution in [0.3, 0.4) is 0 Å². The second-order valence-corrected chi connectivity index (χ2v) is 9.85. The summed E-state index contributed by atoms with van der Waals surface area (Å²) < 4.78 is 8.13. The van der Waals surface area contributed by atoms with E-state index in [0.29, 0.717) is 22.9 Å². The number of amides is 1. The molecule has 5 rings (SSSR count). The van der Waals surface area contributed by atoms with Gasteiger partial charge in [-0.3, -0.25) is 9.48 Å². The molecule has 2 aliphatic rings. The topological polar surface area (TPSA) is 75.3 Å². The van der Waals surface area contributed by atoms with Crippen LogP contribution in [0.15, 0.2) is 28.9 Å². The zero-order valence-corrected chi connectivity index (χ0v) is 20.4. The third-order valence-corrected chi connectivity index (χ3v) is 7.52. The number of benzene rings is 1. The minimum absolute atomic E-state index is 0.169. The fourth-order valence-corrected chi connectivity index (χ4v) is 5.70. The molecule has 3 heterocycles. The average molecular weight is 468 g/mol. The quantitative estimate of drug-likeness (QED) is 0.542. The van der Waals surface area contributed by atoms with Crippen LogP contribution in [0, 0.1) is 13.8 Å². The number of hydrogen-bond donors (Lipinski definition) is 2. The Labute approximate surface area is 198 Å². The molecule has 0 bridgehead atoms. The highest BCUT2D eigenvalue weighted by Gasteiger charge is 2.42. The van der Waals surface area contributed by atoms with Gasteiger partial charge < -0.3 is 20.0 Å². The van der Waals surface area contributed by atoms with Crippen molar-refractivity contribution in [2.45, 2.75) is 58.0 Å². The Morgan fingerprint density at radius 3 is 2.70 bits per heavy atom. The number of carbonyl (C=O) groups excluding carboxylic acids is 1. The van der Waals surface area contributed by atoms with Gasteiger partial charge in [-0.1, -0.05) is 37.4 Å². The largest absolute Gasteiger partial charge is 0.450 e. The Morgan fingerprint density at radius 1 is 1.30 bits per heavy atom. The minimum atomic E-state index is -0.285. The Hall–Kier alpha value is -2.93. The summed E-state index contributed by atoms with van der Waals surface area (Å²) in [7, 11) is 3.71. The zero-order chi connectivity index (χ0) is 23.5. The van der Waals surface area contributed by atoms with Crippen LogP contribution in [-0.4, -0.2) is 27.6 Å². The SMILES string of the molecule is C=C1Nc2c(Cl)cc3cc(C(=O)N(C)Cc4c(C)nn(C)c4C)oc3c2C2(CCCCC2)N1. The van der Waals surface area contributed by atoms with Gasteiger partial charge in [0.2, 0.25) is 0 Å². The summed E-state index contributed by atoms with van der Waals surface area (Å²) in [5.41, 5.74) is 5.31. The van der Waals surface area contributed by atoms with Gasteiger partial charge in [-0.05, 0) is 38.8 Å². The van der Waals surface area contributed by atoms with Gasteiger partial charge in [0.25, 0.3) is 5.91 Å². The number of nitrogens with zero attached hydrogens (tertiary/aromatic N) is 3. The predicted octanol–water partition coefficient (Wildman–Crippen LogP) is 5.35. The summed E-state index contributed by atoms with van der Waals surface area (Å²) >= 11 is 6.71. The molecule has 0 unspecified atom stereocenters. The molecule has 0 atom stereocenters. The molecule has 1 aliphatic heterocycles. The standard InChI is InChI=1S/C25H30ClN5O2/c1-14-18(15(2)31(5)29-14)13-30(4)24(32)20-12-17-11-19(26)22-21(23(17)33-20)25(28-16(3)27-22)9-7-6-8-10-25/h11-12,27-28H,3,6-10,13H2,1-2,4-5H3. The lowest BCUT2D eigenvalue weighted by atomic mass is 9.74. The normalized spacial score (nSPS) is 17.1. The number of fused-ring (bicyclic) bond motifs is 4. The Morgan fingerprint density at radius 2 is 2.03 bits per heavy atom. The summed E-state index contributed by atoms with van der Waals surface area (Å²) in [6, 6.07) is 3.68. The second kappa shape index (κ2) is 7.83. The second-order valence-electron chi connectivity index (χ2n) is 9.44. The van der Waals surface area contributed by atoms with Crippen LogP contribution < -0.4 is 10.6 Å². The highest BCUT2D eigenvalue weighted by atomic mass is 35.5. The number of aromatic nitrogens is 2. The number of furan rings is 1. The molecule has 1 amide bonds. The maximum atomic E-state index is 13.3. The van der Waals surface area contributed by atoms with Gasteiger partial charge in [0.15, 0.2) is 5.76 Å². The molecule has 1 aromatic carbocycles. The van der Waals surface area contributed by atoms with E-state index in [0.717, 1.165) is 65.1 Å². The van der Waals surface area contributed by atoms with E-state index in [2.05, 4.69) is 22.3 Å². The van der Waals surface area contributed by atoms with Crippen LogP contribution >= 0.6 is 11.6 Å². The molecular formula is C25H30ClN5O2. The first-order valence-electron chi connectivity index (χ1n) is 11.5. The van der Waals surface area contributed by atoms with Crippen molar-refractivity contribution in [3.05, 3.63) is 57.8 Å². The summed E-state index contributed by atoms with van der Waals surface area (Å²) in [6.07, 6.45) is 5.39. The van der Waals surface area contributed by atoms with E-state index in [4.69, 9.17) is 16.0 Å². The van der Waals surface area contributed by atoms with E-state index in [1.54, 1.807) is 11.9 Å². The van der Waals surface area contributed by atoms with Gasteiger partial charge >= 0.3 is 0 Å². The third kappa shape index (κ3) is 3.50. The van der Waals surface area contributed by atoms with Gasteiger partial charge in [0, 0.05) is 42.8 Å². The number of hydrogen-bond acceptors (Lipinski definition) is 5. The molecule has 174 valence electrons. The van der Waals surface area contributed by atoms with E-state index < -0.39 is 0 Å². The van der Waals surface area contributed by atoms with Crippen LogP contribution in [0.4, 0.5) is 5.69 Å². The van der Waals surface area contributed by atoms with Crippen molar-refractivity contribution in [3.63, 3.8) is 0 Å². The van der Waals surface area contributed by atoms with Crippen LogP contribution in [0.5, 0.6) is 0 Å². The first kappa shape index (κ1) is 21.9. The maximum Gasteiger partial charge on any atom is 0.289 e. The molecule has 1 aliphatic carbocycles. The van der Waals surface area contributed by atoms with Crippen molar-refractivity contribution >= 4 is 34.2 Å². The number of nitrogens with one attached hydrogen (secondary N) is 2. The van der Waals surface area contributed by atoms with E-state index in [1.807, 2.05) is 37.7 Å². The summed E-state index contributed by atoms with van der Waals surface area (Å²) in [4.78, 5) is 15.0. The highest BCUT2D eigenvalue weighted by Crippen LogP contribution is 2.49. The van der Waals surface area contributed by atoms with Crippen LogP contribution in [0.1, 0.15) is 65.2 Å². The first-order chi connectivity index (χ1) is 15.7. The molecule has 33 heavy (non-hydrogen) atoms. The molecule has 2 aromatic heterocycles. The molecule has 1 fully saturated rings. The fraction of sp³-hybridized carbons (Fsp3) is 0.440. The van der Waals surface area contributed by atoms with Crippen molar-refractivity contribution in [2.24, 2.45) is 7.05 Å². The van der Waals surface area contributed by atoms with E-state index >= 15 is 0 Å². The van der Waals surface area contributed by atoms with Crippen molar-refractivity contribution in [1.29, 1.82) is 0 Å². The van der Waals surface area contributed by atoms with Crippen molar-refractivity contribution in [2.75, 3.05) is 12.4 Å². The van der Waals surface area contributed by atoms with Crippen molar-refractivity contribution < 1.29 is 9.21 Å². The molecule has 3 aromatic rings. The summed E-state index contributed by atoms with van der Waals surface area (Å²) in [5.74, 6) is 0.888. The van der Waals surface area contributed by atoms with Gasteiger partial charge in [-0.25, -0.2) is 0 Å². The zero-order valence-electron chi connectivity index (χ0n) is 19.6. The van der Waals surface area contributed by atoms with Crippen molar-refractivity contribution in [3.8, 4) is 0 Å². The number of rotatable bonds is 3. The molecule has 0 saturated heterocycles. The van der Waals surface area contributed by atoms with Crippen molar-refractivity contribution in [1.82, 2.24) is 20.0 Å². The summed E-state index contributed by atoms with van der Waals surface area (Å²) in [6.45, 7) is 8.56. The molecule has 1 saturated carbocycles. The Balaban J connectivity index is 1.56. The Bertz CT molecular complexity index is 1280. The number of anilines is 1. The van der Waals surface area contributed by atoms with Gasteiger partial charge in [-0.15, -0.1) is 0 Å². The lowest BCUT2D eigenvalue weighted by Crippen LogP contribution is -2.48. The van der Waals surface area contributed by atoms with Crippen LogP contribution in [-0.2, 0) is 19.1 Å². The first-order valence-corrected chi connectivity index (χ1v) is 11.8. The van der Waals surface area contributed by atoms with E-state index in [-0.39, 0.29) is 11.4 Å². The van der Waals surface area contributed by atoms with E-state index in [9.17, 15) is 4.79 Å². The van der Waals surface area contributed by atoms with Crippen LogP contribution in [0.25, 0.3) is 11.0 Å². The Kier molecular flexibility index (Phi) is 5.20. The predicted molar refractivity (Wildman–Crippen MR) is 130 cm³/mol. The molecule has 1 spiro atoms. The number of aryl methyl sites for hydroxylation is 2. The van der Waals surface area contributed by atoms with Gasteiger partial charge in [0.1, 0.15) is 5.58 Å². The van der Waals surface area contributed by atoms with E-state index in [1.165, 1.54) is 6.42 Å². The number of carbonyl (C=O) groups is 1. The highest BCUT2D eigenvalue weighted by molar-refractivity contribution is 6.34. The smallest absolute Gasteiger partial charge is 0.289 e. The lowest BCUT2D eigenvalue weighted by Gasteiger charge is -2.44. The number of halogens is 1. The molecular weight excluding hydrogens is 438 g/mol. The van der Waals surface area contributed by atoms with Gasteiger partial charge in [0.05, 0.1) is 27.8 Å². The molecule has 8 heteroatoms. The fourth-order valence-electron chi connectivity index (χ4n) is 5.44.